The van der Waals surface area contributed by atoms with Crippen molar-refractivity contribution in [1.82, 2.24) is 4.90 Å². The molecule has 1 fully saturated rings. The number of nitrogens with two attached hydrogens (primary N) is 1. The fourth-order valence-corrected chi connectivity index (χ4v) is 8.07. The summed E-state index contributed by atoms with van der Waals surface area (Å²) in [6, 6.07) is 9.44. The molecule has 2 aromatic rings. The topological polar surface area (TPSA) is 152 Å². The Morgan fingerprint density at radius 2 is 1.96 bits per heavy atom. The lowest BCUT2D eigenvalue weighted by Crippen LogP contribution is -2.87. The van der Waals surface area contributed by atoms with Crippen LogP contribution in [-0.2, 0) is 19.4 Å². The van der Waals surface area contributed by atoms with Gasteiger partial charge in [-0.25, -0.2) is 5.32 Å². The highest BCUT2D eigenvalue weighted by Crippen LogP contribution is 2.38. The second-order valence-electron chi connectivity index (χ2n) is 13.5. The molecule has 13 heteroatoms. The highest BCUT2D eigenvalue weighted by Gasteiger charge is 2.40. The molecule has 2 aromatic carbocycles. The molecular weight excluding hydrogens is 655 g/mol. The number of benzene rings is 2. The molecule has 5 rings (SSSR count). The van der Waals surface area contributed by atoms with Gasteiger partial charge in [-0.15, -0.1) is 0 Å². The number of guanidine groups is 1. The minimum absolute atomic E-state index is 0.0684. The molecule has 0 radical (unpaired) electrons. The average molecular weight is 710 g/mol. The smallest absolute Gasteiger partial charge is 0.436 e. The van der Waals surface area contributed by atoms with Crippen LogP contribution >= 0.6 is 0 Å². The number of nitrogens with zero attached hydrogens (tertiary/aromatic N) is 3. The minimum atomic E-state index is -3.02. The zero-order chi connectivity index (χ0) is 36.0. The van der Waals surface area contributed by atoms with E-state index in [9.17, 15) is 13.2 Å². The number of aliphatic imine (C=N–C) groups is 1. The maximum atomic E-state index is 12.6. The molecule has 0 saturated carbocycles. The second kappa shape index (κ2) is 16.3. The molecule has 3 heterocycles. The highest BCUT2D eigenvalue weighted by atomic mass is 32.2. The van der Waals surface area contributed by atoms with Crippen molar-refractivity contribution in [2.24, 2.45) is 10.9 Å². The molecule has 3 aliphatic heterocycles. The molecule has 12 nitrogen and oxygen atoms in total. The first-order chi connectivity index (χ1) is 23.9. The van der Waals surface area contributed by atoms with Gasteiger partial charge in [-0.2, -0.15) is 8.42 Å². The highest BCUT2D eigenvalue weighted by molar-refractivity contribution is 7.92. The van der Waals surface area contributed by atoms with Gasteiger partial charge < -0.3 is 29.9 Å². The zero-order valence-corrected chi connectivity index (χ0v) is 31.1. The lowest BCUT2D eigenvalue weighted by atomic mass is 9.85. The first-order valence-corrected chi connectivity index (χ1v) is 19.1. The number of amides is 1. The predicted molar refractivity (Wildman–Crippen MR) is 202 cm³/mol. The Kier molecular flexibility index (Phi) is 12.2. The van der Waals surface area contributed by atoms with Crippen LogP contribution in [0.5, 0.6) is 5.75 Å². The summed E-state index contributed by atoms with van der Waals surface area (Å²) in [6.45, 7) is 16.9. The summed E-state index contributed by atoms with van der Waals surface area (Å²) < 4.78 is 34.1. The van der Waals surface area contributed by atoms with Crippen LogP contribution in [0.3, 0.4) is 0 Å². The van der Waals surface area contributed by atoms with Crippen molar-refractivity contribution >= 4 is 50.2 Å². The maximum absolute atomic E-state index is 12.6. The number of hydrogen-bond acceptors (Lipinski definition) is 7. The molecule has 2 atom stereocenters. The van der Waals surface area contributed by atoms with Crippen LogP contribution in [0.4, 0.5) is 22.7 Å². The van der Waals surface area contributed by atoms with Crippen LogP contribution in [0.1, 0.15) is 39.2 Å². The third-order valence-electron chi connectivity index (χ3n) is 9.78. The Morgan fingerprint density at radius 1 is 1.20 bits per heavy atom. The molecule has 270 valence electrons. The lowest BCUT2D eigenvalue weighted by molar-refractivity contribution is -0.592. The summed E-state index contributed by atoms with van der Waals surface area (Å²) in [5, 5.41) is 8.31. The van der Waals surface area contributed by atoms with E-state index in [-0.39, 0.29) is 23.1 Å². The molecule has 1 amide bonds. The van der Waals surface area contributed by atoms with E-state index in [4.69, 9.17) is 14.5 Å². The number of methoxy groups -OCH3 is 1. The molecule has 3 aliphatic rings. The fourth-order valence-electron chi connectivity index (χ4n) is 6.73. The van der Waals surface area contributed by atoms with Crippen molar-refractivity contribution in [2.75, 3.05) is 75.6 Å². The average Bonchev–Trinajstić information content (AvgIpc) is 3.32. The van der Waals surface area contributed by atoms with Crippen LogP contribution in [-0.4, -0.2) is 102 Å². The van der Waals surface area contributed by atoms with E-state index in [0.29, 0.717) is 47.7 Å². The van der Waals surface area contributed by atoms with Gasteiger partial charge in [0, 0.05) is 49.8 Å². The Bertz CT molecular complexity index is 1780. The Morgan fingerprint density at radius 3 is 2.62 bits per heavy atom. The summed E-state index contributed by atoms with van der Waals surface area (Å²) in [6.07, 6.45) is 5.11. The van der Waals surface area contributed by atoms with Crippen LogP contribution in [0.2, 0.25) is 0 Å². The van der Waals surface area contributed by atoms with E-state index in [1.807, 2.05) is 51.1 Å². The number of carbonyl (C=O) groups is 1. The largest absolute Gasteiger partial charge is 0.493 e. The number of anilines is 3. The van der Waals surface area contributed by atoms with Gasteiger partial charge in [-0.05, 0) is 59.7 Å². The van der Waals surface area contributed by atoms with Gasteiger partial charge in [0.1, 0.15) is 11.7 Å². The molecule has 0 spiro atoms. The monoisotopic (exact) mass is 709 g/mol. The van der Waals surface area contributed by atoms with Crippen molar-refractivity contribution < 1.29 is 33.0 Å². The summed E-state index contributed by atoms with van der Waals surface area (Å²) >= 11 is 0. The first-order valence-electron chi connectivity index (χ1n) is 17.5. The number of piperazine rings is 1. The van der Waals surface area contributed by atoms with Crippen molar-refractivity contribution in [3.05, 3.63) is 60.2 Å². The van der Waals surface area contributed by atoms with E-state index >= 15 is 0 Å². The van der Waals surface area contributed by atoms with Gasteiger partial charge in [-0.1, -0.05) is 35.4 Å². The molecular formula is C37H55N7O5S+4. The van der Waals surface area contributed by atoms with E-state index in [2.05, 4.69) is 57.4 Å². The summed E-state index contributed by atoms with van der Waals surface area (Å²) in [4.78, 5) is 26.5. The van der Waals surface area contributed by atoms with Gasteiger partial charge in [0.05, 0.1) is 38.2 Å². The summed E-state index contributed by atoms with van der Waals surface area (Å²) in [5.41, 5.74) is 6.28. The normalized spacial score (nSPS) is 19.5. The van der Waals surface area contributed by atoms with Gasteiger partial charge in [-0.3, -0.25) is 9.79 Å². The van der Waals surface area contributed by atoms with Gasteiger partial charge in [0.25, 0.3) is 0 Å². The number of carbonyl (C=O) groups excluding carboxylic acids is 1. The number of para-hydroxylation sites is 1. The Balaban J connectivity index is 1.54. The SMILES string of the molecule is C=CC(=O)Nc1cc(NC2=[NH+]CC[C@H](C3=CCOCC3)C([C@@H](C)[NH2+]c3c(C)cccc3S(=[OH+])(=[OH+])C(C)C)=N2)c(OC)cc1N1CCN(C)CC1. The molecule has 0 bridgehead atoms. The summed E-state index contributed by atoms with van der Waals surface area (Å²) in [5.74, 6) is 0.966. The number of quaternary nitrogens is 1. The van der Waals surface area contributed by atoms with Crippen LogP contribution in [0, 0.1) is 12.8 Å². The van der Waals surface area contributed by atoms with E-state index in [0.717, 1.165) is 61.7 Å². The van der Waals surface area contributed by atoms with Crippen molar-refractivity contribution in [3.63, 3.8) is 0 Å². The zero-order valence-electron chi connectivity index (χ0n) is 30.3. The van der Waals surface area contributed by atoms with Crippen molar-refractivity contribution in [2.45, 2.75) is 56.7 Å². The molecule has 0 aromatic heterocycles. The third-order valence-corrected chi connectivity index (χ3v) is 12.1. The number of ether oxygens (including phenoxy) is 2. The van der Waals surface area contributed by atoms with Crippen molar-refractivity contribution in [3.8, 4) is 5.75 Å². The van der Waals surface area contributed by atoms with E-state index < -0.39 is 9.84 Å². The van der Waals surface area contributed by atoms with Gasteiger partial charge in [0.15, 0.2) is 22.4 Å². The summed E-state index contributed by atoms with van der Waals surface area (Å²) in [7, 11) is 0.729. The number of likely N-dealkylation sites (N-methyl/N-ethyl adjacent to an activating group) is 1. The van der Waals surface area contributed by atoms with Gasteiger partial charge in [0.2, 0.25) is 10.8 Å². The molecule has 1 saturated heterocycles. The van der Waals surface area contributed by atoms with Crippen LogP contribution < -0.4 is 30.6 Å². The lowest BCUT2D eigenvalue weighted by Gasteiger charge is -2.35. The fraction of sp³-hybridized carbons (Fsp3) is 0.486. The molecule has 7 N–H and O–H groups in total. The number of aryl methyl sites for hydroxylation is 1. The number of hydrogen-bond donors (Lipinski definition) is 4. The van der Waals surface area contributed by atoms with Crippen LogP contribution in [0.25, 0.3) is 0 Å². The Labute approximate surface area is 296 Å². The quantitative estimate of drug-likeness (QED) is 0.122. The second-order valence-corrected chi connectivity index (χ2v) is 16.1. The molecule has 0 aliphatic carbocycles. The van der Waals surface area contributed by atoms with E-state index in [1.54, 1.807) is 7.11 Å². The standard InChI is InChI=1S/C37H51N7O5S/c1-8-34(45)40-29-22-30(32(48-7)23-31(29)44-18-16-43(6)17-19-44)41-37-38-15-12-28(27-13-20-49-21-14-27)36(42-37)26(5)39-35-25(4)10-9-11-33(35)50(46,47)24(2)3/h8-11,13,22-24,26,28,39H,1,12,14-21H2,2-7H3,(H,38,41)(H,40,45)/p+4/t26-,28-/m1/s1. The third kappa shape index (κ3) is 8.45. The minimum Gasteiger partial charge on any atom is -0.493 e. The molecule has 0 unspecified atom stereocenters. The van der Waals surface area contributed by atoms with Crippen LogP contribution in [0.15, 0.2) is 64.5 Å². The molecule has 50 heavy (non-hydrogen) atoms. The Hall–Kier alpha value is -4.04. The number of rotatable bonds is 11. The van der Waals surface area contributed by atoms with Gasteiger partial charge >= 0.3 is 15.8 Å². The number of nitrogens with one attached hydrogen (secondary N) is 3. The first kappa shape index (κ1) is 37.2. The van der Waals surface area contributed by atoms with Crippen molar-refractivity contribution in [1.29, 1.82) is 0 Å². The van der Waals surface area contributed by atoms with E-state index in [1.165, 1.54) is 11.6 Å². The maximum Gasteiger partial charge on any atom is 0.436 e. The predicted octanol–water partition coefficient (Wildman–Crippen LogP) is 2.32.